The summed E-state index contributed by atoms with van der Waals surface area (Å²) >= 11 is 0. The number of ether oxygens (including phenoxy) is 3. The Bertz CT molecular complexity index is 2400. The fourth-order valence-corrected chi connectivity index (χ4v) is 10.5. The van der Waals surface area contributed by atoms with Gasteiger partial charge in [0.2, 0.25) is 0 Å². The second-order valence-electron chi connectivity index (χ2n) is 17.4. The van der Waals surface area contributed by atoms with Crippen LogP contribution in [-0.4, -0.2) is 120 Å². The Balaban J connectivity index is 1.10. The van der Waals surface area contributed by atoms with E-state index in [0.29, 0.717) is 57.9 Å². The van der Waals surface area contributed by atoms with Gasteiger partial charge in [-0.1, -0.05) is 12.0 Å². The van der Waals surface area contributed by atoms with E-state index in [-0.39, 0.29) is 51.5 Å². The van der Waals surface area contributed by atoms with E-state index < -0.39 is 11.6 Å². The van der Waals surface area contributed by atoms with Crippen molar-refractivity contribution >= 4 is 38.4 Å². The number of fused-ring (bicyclic) bond motifs is 8. The predicted molar refractivity (Wildman–Crippen MR) is 215 cm³/mol. The molecule has 0 spiro atoms. The summed E-state index contributed by atoms with van der Waals surface area (Å²) < 4.78 is 52.7. The summed E-state index contributed by atoms with van der Waals surface area (Å²) in [6.07, 6.45) is 14.0. The zero-order chi connectivity index (χ0) is 39.0. The van der Waals surface area contributed by atoms with Gasteiger partial charge >= 0.3 is 6.01 Å². The number of methoxy groups -OCH3 is 1. The van der Waals surface area contributed by atoms with E-state index >= 15 is 8.78 Å². The summed E-state index contributed by atoms with van der Waals surface area (Å²) in [7, 11) is 3.53. The van der Waals surface area contributed by atoms with Crippen LogP contribution in [0.15, 0.2) is 30.5 Å². The Morgan fingerprint density at radius 2 is 1.77 bits per heavy atom. The number of aryl methyl sites for hydroxylation is 1. The maximum atomic E-state index is 17.9. The van der Waals surface area contributed by atoms with Gasteiger partial charge in [0.15, 0.2) is 5.82 Å². The van der Waals surface area contributed by atoms with Crippen LogP contribution in [0.1, 0.15) is 44.1 Å². The number of piperazine rings is 1. The van der Waals surface area contributed by atoms with Gasteiger partial charge in [-0.15, -0.1) is 6.42 Å². The number of likely N-dealkylation sites (tertiary alicyclic amines) is 2. The van der Waals surface area contributed by atoms with Crippen molar-refractivity contribution in [3.05, 3.63) is 47.7 Å². The van der Waals surface area contributed by atoms with Gasteiger partial charge in [-0.2, -0.15) is 15.1 Å². The number of piperidine rings is 1. The summed E-state index contributed by atoms with van der Waals surface area (Å²) in [5.41, 5.74) is 0.737. The van der Waals surface area contributed by atoms with Crippen LogP contribution in [0.25, 0.3) is 43.7 Å². The topological polar surface area (TPSA) is 101 Å². The molecule has 2 aromatic heterocycles. The zero-order valence-electron chi connectivity index (χ0n) is 32.6. The molecule has 6 heterocycles. The molecule has 5 aliphatic rings. The smallest absolute Gasteiger partial charge is 0.319 e. The third kappa shape index (κ3) is 6.55. The Hall–Kier alpha value is -4.61. The number of hydrogen-bond acceptors (Lipinski definition) is 10. The average molecular weight is 778 g/mol. The summed E-state index contributed by atoms with van der Waals surface area (Å²) in [5, 5.41) is 17.8. The lowest BCUT2D eigenvalue weighted by Crippen LogP contribution is -2.54. The van der Waals surface area contributed by atoms with Gasteiger partial charge in [-0.25, -0.2) is 8.78 Å². The Kier molecular flexibility index (Phi) is 9.24. The van der Waals surface area contributed by atoms with Crippen molar-refractivity contribution in [2.45, 2.75) is 50.6 Å². The standard InChI is InChI=1S/C44H49F2N7O4/c1-4-32-35(45)9-6-28-15-31(54)16-33(36(28)32)37-39(46)41-38(34-21-50(2)49-40(34)37)42(53-29-7-8-30(53)20-51(19-29)12-5-13-55-3)48-43(47-41)57-25-44(10-11-44)24-52-17-26-14-27(18-52)23-56-22-26/h1,6,9,15-16,21,26-27,29-30,54H,5,7-8,10-14,17-20,22-25H2,2-3H3. The van der Waals surface area contributed by atoms with E-state index in [0.717, 1.165) is 84.6 Å². The number of anilines is 1. The molecule has 1 N–H and O–H groups in total. The molecule has 4 atom stereocenters. The third-order valence-electron chi connectivity index (χ3n) is 13.2. The van der Waals surface area contributed by atoms with Gasteiger partial charge in [0.25, 0.3) is 0 Å². The van der Waals surface area contributed by atoms with Crippen LogP contribution < -0.4 is 9.64 Å². The van der Waals surface area contributed by atoms with Gasteiger partial charge in [0, 0.05) is 100 Å². The number of nitrogens with zero attached hydrogens (tertiary/aromatic N) is 7. The molecule has 1 aliphatic carbocycles. The normalized spacial score (nSPS) is 24.4. The highest BCUT2D eigenvalue weighted by atomic mass is 19.1. The number of aromatic nitrogens is 4. The molecule has 10 rings (SSSR count). The minimum absolute atomic E-state index is 0.00891. The quantitative estimate of drug-likeness (QED) is 0.125. The maximum Gasteiger partial charge on any atom is 0.319 e. The fraction of sp³-hybridized carbons (Fsp3) is 0.523. The van der Waals surface area contributed by atoms with Crippen LogP contribution in [0.5, 0.6) is 11.8 Å². The van der Waals surface area contributed by atoms with Crippen molar-refractivity contribution in [3.8, 4) is 35.2 Å². The van der Waals surface area contributed by atoms with Crippen molar-refractivity contribution in [3.63, 3.8) is 0 Å². The van der Waals surface area contributed by atoms with Crippen molar-refractivity contribution in [1.29, 1.82) is 0 Å². The lowest BCUT2D eigenvalue weighted by atomic mass is 9.87. The molecule has 4 unspecified atom stereocenters. The molecule has 4 saturated heterocycles. The average Bonchev–Trinajstić information content (AvgIpc) is 3.76. The molecule has 4 bridgehead atoms. The highest BCUT2D eigenvalue weighted by Crippen LogP contribution is 2.49. The first-order chi connectivity index (χ1) is 27.7. The molecule has 298 valence electrons. The third-order valence-corrected chi connectivity index (χ3v) is 13.2. The van der Waals surface area contributed by atoms with Crippen LogP contribution in [0.3, 0.4) is 0 Å². The van der Waals surface area contributed by atoms with Crippen molar-refractivity contribution < 1.29 is 28.1 Å². The zero-order valence-corrected chi connectivity index (χ0v) is 32.6. The van der Waals surface area contributed by atoms with Crippen LogP contribution in [-0.2, 0) is 16.5 Å². The van der Waals surface area contributed by atoms with E-state index in [2.05, 4.69) is 20.6 Å². The summed E-state index contributed by atoms with van der Waals surface area (Å²) in [5.74, 6) is 2.91. The second kappa shape index (κ2) is 14.3. The first kappa shape index (κ1) is 36.7. The number of phenols is 1. The molecule has 0 amide bonds. The number of rotatable bonds is 11. The van der Waals surface area contributed by atoms with Crippen molar-refractivity contribution in [2.24, 2.45) is 24.3 Å². The first-order valence-electron chi connectivity index (χ1n) is 20.4. The van der Waals surface area contributed by atoms with E-state index in [1.54, 1.807) is 18.8 Å². The van der Waals surface area contributed by atoms with Gasteiger partial charge in [-0.05, 0) is 79.5 Å². The molecule has 11 nitrogen and oxygen atoms in total. The van der Waals surface area contributed by atoms with Crippen LogP contribution >= 0.6 is 0 Å². The molecule has 57 heavy (non-hydrogen) atoms. The van der Waals surface area contributed by atoms with Crippen LogP contribution in [0.2, 0.25) is 0 Å². The molecule has 1 saturated carbocycles. The minimum atomic E-state index is -0.655. The number of aromatic hydroxyl groups is 1. The van der Waals surface area contributed by atoms with Gasteiger partial charge < -0.3 is 29.1 Å². The molecule has 0 radical (unpaired) electrons. The lowest BCUT2D eigenvalue weighted by Gasteiger charge is -2.42. The Morgan fingerprint density at radius 1 is 1.00 bits per heavy atom. The molecule has 3 aromatic carbocycles. The highest BCUT2D eigenvalue weighted by Gasteiger charge is 2.47. The van der Waals surface area contributed by atoms with Gasteiger partial charge in [0.05, 0.1) is 30.8 Å². The number of terminal acetylenes is 1. The van der Waals surface area contributed by atoms with E-state index in [9.17, 15) is 5.11 Å². The van der Waals surface area contributed by atoms with Gasteiger partial charge in [0.1, 0.15) is 28.4 Å². The first-order valence-corrected chi connectivity index (χ1v) is 20.4. The monoisotopic (exact) mass is 777 g/mol. The summed E-state index contributed by atoms with van der Waals surface area (Å²) in [6.45, 7) is 8.52. The molecule has 13 heteroatoms. The van der Waals surface area contributed by atoms with Gasteiger partial charge in [-0.3, -0.25) is 9.58 Å². The molecule has 5 aromatic rings. The number of phenolic OH excluding ortho intramolecular Hbond substituents is 1. The molecular weight excluding hydrogens is 729 g/mol. The number of benzene rings is 3. The van der Waals surface area contributed by atoms with Crippen LogP contribution in [0.4, 0.5) is 14.6 Å². The van der Waals surface area contributed by atoms with E-state index in [1.807, 2.05) is 6.20 Å². The van der Waals surface area contributed by atoms with E-state index in [4.69, 9.17) is 35.7 Å². The van der Waals surface area contributed by atoms with Crippen LogP contribution in [0, 0.1) is 41.2 Å². The lowest BCUT2D eigenvalue weighted by molar-refractivity contribution is -0.0463. The van der Waals surface area contributed by atoms with Crippen molar-refractivity contribution in [2.75, 3.05) is 77.7 Å². The summed E-state index contributed by atoms with van der Waals surface area (Å²) in [4.78, 5) is 17.6. The molecule has 4 aliphatic heterocycles. The second-order valence-corrected chi connectivity index (χ2v) is 17.4. The summed E-state index contributed by atoms with van der Waals surface area (Å²) in [6, 6.07) is 6.21. The largest absolute Gasteiger partial charge is 0.508 e. The molecular formula is C44H49F2N7O4. The number of halogens is 2. The predicted octanol–water partition coefficient (Wildman–Crippen LogP) is 6.12. The SMILES string of the molecule is C#Cc1c(F)ccc2cc(O)cc(-c3c(F)c4nc(OCC5(CN6CC7COCC(C7)C6)CC5)nc(N5C6CCC5CN(CCCOC)C6)c4c4cn(C)nc34)c12. The Morgan fingerprint density at radius 3 is 2.49 bits per heavy atom. The minimum Gasteiger partial charge on any atom is -0.508 e. The van der Waals surface area contributed by atoms with E-state index in [1.165, 1.54) is 30.7 Å². The number of hydrogen-bond donors (Lipinski definition) is 1. The molecule has 5 fully saturated rings. The fourth-order valence-electron chi connectivity index (χ4n) is 10.5. The Labute approximate surface area is 330 Å². The maximum absolute atomic E-state index is 17.9. The highest BCUT2D eigenvalue weighted by molar-refractivity contribution is 6.18. The van der Waals surface area contributed by atoms with Crippen molar-refractivity contribution in [1.82, 2.24) is 29.5 Å².